The van der Waals surface area contributed by atoms with Crippen molar-refractivity contribution in [2.45, 2.75) is 0 Å². The van der Waals surface area contributed by atoms with Gasteiger partial charge in [0.2, 0.25) is 0 Å². The van der Waals surface area contributed by atoms with Gasteiger partial charge in [-0.25, -0.2) is 9.97 Å². The Morgan fingerprint density at radius 3 is 2.43 bits per heavy atom. The fourth-order valence-electron chi connectivity index (χ4n) is 2.41. The Morgan fingerprint density at radius 1 is 1.05 bits per heavy atom. The molecule has 1 saturated heterocycles. The van der Waals surface area contributed by atoms with Crippen LogP contribution in [0.3, 0.4) is 0 Å². The van der Waals surface area contributed by atoms with E-state index in [1.807, 2.05) is 24.3 Å². The lowest BCUT2D eigenvalue weighted by molar-refractivity contribution is 0.646. The number of aromatic nitrogens is 2. The lowest BCUT2D eigenvalue weighted by atomic mass is 10.2. The molecule has 0 spiro atoms. The molecular weight excluding hydrogens is 286 g/mol. The van der Waals surface area contributed by atoms with Crippen molar-refractivity contribution in [1.82, 2.24) is 9.97 Å². The van der Waals surface area contributed by atoms with Crippen LogP contribution in [0.5, 0.6) is 0 Å². The summed E-state index contributed by atoms with van der Waals surface area (Å²) in [6.45, 7) is 3.55. The minimum atomic E-state index is 0.344. The van der Waals surface area contributed by atoms with Crippen LogP contribution in [0.15, 0.2) is 36.7 Å². The third kappa shape index (κ3) is 3.06. The number of benzene rings is 1. The molecule has 6 heteroatoms. The van der Waals surface area contributed by atoms with Gasteiger partial charge in [0, 0.05) is 36.9 Å². The van der Waals surface area contributed by atoms with E-state index in [-0.39, 0.29) is 0 Å². The van der Waals surface area contributed by atoms with E-state index in [4.69, 9.17) is 16.9 Å². The van der Waals surface area contributed by atoms with Crippen molar-refractivity contribution in [3.05, 3.63) is 47.4 Å². The number of rotatable bonds is 2. The van der Waals surface area contributed by atoms with Gasteiger partial charge in [-0.15, -0.1) is 0 Å². The molecule has 0 atom stereocenters. The summed E-state index contributed by atoms with van der Waals surface area (Å²) in [5.41, 5.74) is 1.49. The molecule has 1 aromatic heterocycles. The van der Waals surface area contributed by atoms with Gasteiger partial charge in [-0.3, -0.25) is 0 Å². The Kier molecular flexibility index (Phi) is 3.89. The predicted octanol–water partition coefficient (Wildman–Crippen LogP) is 2.33. The summed E-state index contributed by atoms with van der Waals surface area (Å²) in [6.07, 6.45) is 3.17. The second-order valence-electron chi connectivity index (χ2n) is 4.83. The van der Waals surface area contributed by atoms with Crippen LogP contribution in [0.4, 0.5) is 11.5 Å². The van der Waals surface area contributed by atoms with Gasteiger partial charge in [0.05, 0.1) is 12.4 Å². The minimum Gasteiger partial charge on any atom is -0.368 e. The van der Waals surface area contributed by atoms with E-state index in [1.54, 1.807) is 6.20 Å². The molecular formula is C15H14ClN5. The Bertz CT molecular complexity index is 657. The van der Waals surface area contributed by atoms with Gasteiger partial charge in [0.25, 0.3) is 0 Å². The largest absolute Gasteiger partial charge is 0.368 e. The van der Waals surface area contributed by atoms with Crippen LogP contribution in [0, 0.1) is 11.3 Å². The van der Waals surface area contributed by atoms with Crippen molar-refractivity contribution in [1.29, 1.82) is 5.26 Å². The van der Waals surface area contributed by atoms with Gasteiger partial charge in [-0.1, -0.05) is 17.7 Å². The van der Waals surface area contributed by atoms with Crippen LogP contribution in [-0.4, -0.2) is 36.1 Å². The first-order valence-electron chi connectivity index (χ1n) is 6.74. The van der Waals surface area contributed by atoms with Crippen LogP contribution in [0.1, 0.15) is 5.69 Å². The molecule has 0 radical (unpaired) electrons. The highest BCUT2D eigenvalue weighted by molar-refractivity contribution is 6.30. The molecule has 0 bridgehead atoms. The summed E-state index contributed by atoms with van der Waals surface area (Å²) in [5, 5.41) is 9.50. The molecule has 106 valence electrons. The molecule has 0 unspecified atom stereocenters. The molecule has 0 N–H and O–H groups in total. The SMILES string of the molecule is N#Cc1cnc(N2CCN(c3cccc(Cl)c3)CC2)cn1. The van der Waals surface area contributed by atoms with E-state index in [0.29, 0.717) is 5.69 Å². The normalized spacial score (nSPS) is 14.9. The Hall–Kier alpha value is -2.32. The van der Waals surface area contributed by atoms with Gasteiger partial charge in [-0.2, -0.15) is 5.26 Å². The maximum Gasteiger partial charge on any atom is 0.158 e. The number of halogens is 1. The third-order valence-corrected chi connectivity index (χ3v) is 3.76. The standard InChI is InChI=1S/C15H14ClN5/c16-12-2-1-3-14(8-12)20-4-6-21(7-5-20)15-11-18-13(9-17)10-19-15/h1-3,8,10-11H,4-7H2. The van der Waals surface area contributed by atoms with Crippen molar-refractivity contribution in [2.24, 2.45) is 0 Å². The fraction of sp³-hybridized carbons (Fsp3) is 0.267. The lowest BCUT2D eigenvalue weighted by Crippen LogP contribution is -2.46. The monoisotopic (exact) mass is 299 g/mol. The topological polar surface area (TPSA) is 56.1 Å². The highest BCUT2D eigenvalue weighted by Gasteiger charge is 2.18. The molecule has 1 aliphatic heterocycles. The summed E-state index contributed by atoms with van der Waals surface area (Å²) in [6, 6.07) is 9.89. The second-order valence-corrected chi connectivity index (χ2v) is 5.26. The van der Waals surface area contributed by atoms with E-state index in [0.717, 1.165) is 42.7 Å². The Balaban J connectivity index is 1.66. The first kappa shape index (κ1) is 13.7. The third-order valence-electron chi connectivity index (χ3n) is 3.53. The summed E-state index contributed by atoms with van der Waals surface area (Å²) < 4.78 is 0. The highest BCUT2D eigenvalue weighted by Crippen LogP contribution is 2.22. The summed E-state index contributed by atoms with van der Waals surface area (Å²) >= 11 is 6.04. The highest BCUT2D eigenvalue weighted by atomic mass is 35.5. The number of piperazine rings is 1. The van der Waals surface area contributed by atoms with Crippen molar-refractivity contribution in [3.63, 3.8) is 0 Å². The molecule has 2 aromatic rings. The van der Waals surface area contributed by atoms with Crippen molar-refractivity contribution < 1.29 is 0 Å². The maximum absolute atomic E-state index is 8.74. The number of anilines is 2. The average molecular weight is 300 g/mol. The van der Waals surface area contributed by atoms with Gasteiger partial charge in [-0.05, 0) is 18.2 Å². The van der Waals surface area contributed by atoms with E-state index in [1.165, 1.54) is 6.20 Å². The van der Waals surface area contributed by atoms with E-state index < -0.39 is 0 Å². The van der Waals surface area contributed by atoms with Gasteiger partial charge >= 0.3 is 0 Å². The molecule has 1 aliphatic rings. The number of nitriles is 1. The molecule has 0 amide bonds. The van der Waals surface area contributed by atoms with Crippen molar-refractivity contribution >= 4 is 23.1 Å². The molecule has 21 heavy (non-hydrogen) atoms. The summed E-state index contributed by atoms with van der Waals surface area (Å²) in [4.78, 5) is 12.8. The molecule has 0 aliphatic carbocycles. The second kappa shape index (κ2) is 5.98. The van der Waals surface area contributed by atoms with Gasteiger partial charge in [0.15, 0.2) is 5.69 Å². The van der Waals surface area contributed by atoms with Gasteiger partial charge < -0.3 is 9.80 Å². The Labute approximate surface area is 128 Å². The molecule has 0 saturated carbocycles. The fourth-order valence-corrected chi connectivity index (χ4v) is 2.59. The lowest BCUT2D eigenvalue weighted by Gasteiger charge is -2.36. The van der Waals surface area contributed by atoms with E-state index in [9.17, 15) is 0 Å². The van der Waals surface area contributed by atoms with Crippen molar-refractivity contribution in [2.75, 3.05) is 36.0 Å². The van der Waals surface area contributed by atoms with E-state index in [2.05, 4.69) is 25.8 Å². The van der Waals surface area contributed by atoms with Crippen LogP contribution in [0.2, 0.25) is 5.02 Å². The number of hydrogen-bond acceptors (Lipinski definition) is 5. The first-order valence-corrected chi connectivity index (χ1v) is 7.12. The molecule has 1 fully saturated rings. The number of hydrogen-bond donors (Lipinski definition) is 0. The van der Waals surface area contributed by atoms with Crippen LogP contribution >= 0.6 is 11.6 Å². The zero-order valence-corrected chi connectivity index (χ0v) is 12.2. The molecule has 2 heterocycles. The summed E-state index contributed by atoms with van der Waals surface area (Å²) in [7, 11) is 0. The van der Waals surface area contributed by atoms with Crippen LogP contribution in [-0.2, 0) is 0 Å². The zero-order valence-electron chi connectivity index (χ0n) is 11.4. The quantitative estimate of drug-likeness (QED) is 0.852. The minimum absolute atomic E-state index is 0.344. The molecule has 1 aromatic carbocycles. The number of nitrogens with zero attached hydrogens (tertiary/aromatic N) is 5. The average Bonchev–Trinajstić information content (AvgIpc) is 2.55. The van der Waals surface area contributed by atoms with Crippen molar-refractivity contribution in [3.8, 4) is 6.07 Å². The maximum atomic E-state index is 8.74. The summed E-state index contributed by atoms with van der Waals surface area (Å²) in [5.74, 6) is 0.819. The van der Waals surface area contributed by atoms with Crippen LogP contribution in [0.25, 0.3) is 0 Å². The predicted molar refractivity (Wildman–Crippen MR) is 82.6 cm³/mol. The molecule has 5 nitrogen and oxygen atoms in total. The molecule has 3 rings (SSSR count). The smallest absolute Gasteiger partial charge is 0.158 e. The zero-order chi connectivity index (χ0) is 14.7. The Morgan fingerprint density at radius 2 is 1.81 bits per heavy atom. The van der Waals surface area contributed by atoms with E-state index >= 15 is 0 Å². The first-order chi connectivity index (χ1) is 10.3. The van der Waals surface area contributed by atoms with Gasteiger partial charge in [0.1, 0.15) is 11.9 Å². The van der Waals surface area contributed by atoms with Crippen LogP contribution < -0.4 is 9.80 Å².